The number of benzene rings is 1. The molecule has 0 saturated heterocycles. The normalized spacial score (nSPS) is 19.6. The minimum absolute atomic E-state index is 0.00230. The quantitative estimate of drug-likeness (QED) is 0.691. The van der Waals surface area contributed by atoms with Crippen molar-refractivity contribution in [2.24, 2.45) is 11.8 Å². The molecule has 1 aromatic rings. The SMILES string of the molecule is COC(=O)CC(NC(=O)CCNC(=O)C1CC1C)c1ccccc1Cl. The van der Waals surface area contributed by atoms with Crippen LogP contribution in [0.3, 0.4) is 0 Å². The molecule has 1 aliphatic carbocycles. The number of hydrogen-bond acceptors (Lipinski definition) is 4. The van der Waals surface area contributed by atoms with Crippen molar-refractivity contribution in [1.82, 2.24) is 10.6 Å². The minimum Gasteiger partial charge on any atom is -0.469 e. The summed E-state index contributed by atoms with van der Waals surface area (Å²) < 4.78 is 4.69. The van der Waals surface area contributed by atoms with E-state index in [-0.39, 0.29) is 37.1 Å². The van der Waals surface area contributed by atoms with Gasteiger partial charge in [0.25, 0.3) is 0 Å². The molecule has 1 saturated carbocycles. The standard InChI is InChI=1S/C18H23ClN2O4/c1-11-9-13(11)18(24)20-8-7-16(22)21-15(10-17(23)25-2)12-5-3-4-6-14(12)19/h3-6,11,13,15H,7-10H2,1-2H3,(H,20,24)(H,21,22). The lowest BCUT2D eigenvalue weighted by Gasteiger charge is -2.19. The van der Waals surface area contributed by atoms with Gasteiger partial charge in [-0.2, -0.15) is 0 Å². The molecular formula is C18H23ClN2O4. The molecule has 3 atom stereocenters. The predicted octanol–water partition coefficient (Wildman–Crippen LogP) is 2.22. The summed E-state index contributed by atoms with van der Waals surface area (Å²) in [6, 6.07) is 6.44. The van der Waals surface area contributed by atoms with Crippen molar-refractivity contribution in [3.63, 3.8) is 0 Å². The fourth-order valence-electron chi connectivity index (χ4n) is 2.63. The van der Waals surface area contributed by atoms with Gasteiger partial charge in [0.2, 0.25) is 11.8 Å². The fraction of sp³-hybridized carbons (Fsp3) is 0.500. The van der Waals surface area contributed by atoms with Crippen molar-refractivity contribution in [3.05, 3.63) is 34.9 Å². The van der Waals surface area contributed by atoms with Crippen LogP contribution in [0.15, 0.2) is 24.3 Å². The van der Waals surface area contributed by atoms with Crippen molar-refractivity contribution in [2.75, 3.05) is 13.7 Å². The smallest absolute Gasteiger partial charge is 0.307 e. The molecule has 0 bridgehead atoms. The van der Waals surface area contributed by atoms with Crippen LogP contribution in [0.4, 0.5) is 0 Å². The first kappa shape index (κ1) is 19.2. The Morgan fingerprint density at radius 3 is 2.60 bits per heavy atom. The number of rotatable bonds is 8. The molecule has 0 heterocycles. The molecule has 1 aromatic carbocycles. The van der Waals surface area contributed by atoms with E-state index in [1.165, 1.54) is 7.11 Å². The Morgan fingerprint density at radius 1 is 1.32 bits per heavy atom. The highest BCUT2D eigenvalue weighted by Crippen LogP contribution is 2.37. The maximum absolute atomic E-state index is 12.2. The van der Waals surface area contributed by atoms with Crippen molar-refractivity contribution in [1.29, 1.82) is 0 Å². The molecule has 1 aliphatic rings. The highest BCUT2D eigenvalue weighted by atomic mass is 35.5. The summed E-state index contributed by atoms with van der Waals surface area (Å²) in [5, 5.41) is 6.02. The highest BCUT2D eigenvalue weighted by molar-refractivity contribution is 6.31. The Labute approximate surface area is 152 Å². The lowest BCUT2D eigenvalue weighted by Crippen LogP contribution is -2.34. The number of ether oxygens (including phenoxy) is 1. The van der Waals surface area contributed by atoms with Gasteiger partial charge in [0.05, 0.1) is 19.6 Å². The van der Waals surface area contributed by atoms with E-state index in [1.807, 2.05) is 6.92 Å². The summed E-state index contributed by atoms with van der Waals surface area (Å²) >= 11 is 6.17. The zero-order chi connectivity index (χ0) is 18.4. The van der Waals surface area contributed by atoms with Gasteiger partial charge in [-0.25, -0.2) is 0 Å². The number of hydrogen-bond donors (Lipinski definition) is 2. The molecule has 25 heavy (non-hydrogen) atoms. The molecule has 3 unspecified atom stereocenters. The Morgan fingerprint density at radius 2 is 2.00 bits per heavy atom. The van der Waals surface area contributed by atoms with Crippen molar-refractivity contribution >= 4 is 29.4 Å². The number of carbonyl (C=O) groups excluding carboxylic acids is 3. The van der Waals surface area contributed by atoms with Crippen LogP contribution in [0.25, 0.3) is 0 Å². The molecule has 0 aliphatic heterocycles. The molecule has 6 nitrogen and oxygen atoms in total. The molecule has 1 fully saturated rings. The molecule has 2 amide bonds. The lowest BCUT2D eigenvalue weighted by molar-refractivity contribution is -0.141. The summed E-state index contributed by atoms with van der Waals surface area (Å²) in [6.07, 6.45) is 1.03. The number of amides is 2. The monoisotopic (exact) mass is 366 g/mol. The van der Waals surface area contributed by atoms with Crippen LogP contribution in [0, 0.1) is 11.8 Å². The van der Waals surface area contributed by atoms with E-state index in [4.69, 9.17) is 11.6 Å². The molecule has 136 valence electrons. The van der Waals surface area contributed by atoms with Crippen LogP contribution in [0.2, 0.25) is 5.02 Å². The number of halogens is 1. The average molecular weight is 367 g/mol. The summed E-state index contributed by atoms with van der Waals surface area (Å²) in [4.78, 5) is 35.6. The maximum atomic E-state index is 12.2. The van der Waals surface area contributed by atoms with E-state index in [2.05, 4.69) is 15.4 Å². The first-order valence-electron chi connectivity index (χ1n) is 8.30. The Bertz CT molecular complexity index is 650. The third kappa shape index (κ3) is 5.74. The Hall–Kier alpha value is -2.08. The third-order valence-corrected chi connectivity index (χ3v) is 4.66. The van der Waals surface area contributed by atoms with E-state index in [1.54, 1.807) is 24.3 Å². The average Bonchev–Trinajstić information content (AvgIpc) is 3.31. The molecule has 0 spiro atoms. The van der Waals surface area contributed by atoms with Crippen LogP contribution >= 0.6 is 11.6 Å². The van der Waals surface area contributed by atoms with E-state index in [0.29, 0.717) is 16.5 Å². The summed E-state index contributed by atoms with van der Waals surface area (Å²) in [5.41, 5.74) is 0.652. The van der Waals surface area contributed by atoms with Crippen LogP contribution in [-0.2, 0) is 19.1 Å². The molecular weight excluding hydrogens is 344 g/mol. The van der Waals surface area contributed by atoms with Gasteiger partial charge in [0.15, 0.2) is 0 Å². The summed E-state index contributed by atoms with van der Waals surface area (Å²) in [7, 11) is 1.29. The Kier molecular flexibility index (Phi) is 6.82. The van der Waals surface area contributed by atoms with Gasteiger partial charge in [0, 0.05) is 23.9 Å². The van der Waals surface area contributed by atoms with Gasteiger partial charge in [-0.3, -0.25) is 14.4 Å². The van der Waals surface area contributed by atoms with Gasteiger partial charge < -0.3 is 15.4 Å². The zero-order valence-corrected chi connectivity index (χ0v) is 15.1. The van der Waals surface area contributed by atoms with Crippen molar-refractivity contribution < 1.29 is 19.1 Å². The van der Waals surface area contributed by atoms with E-state index >= 15 is 0 Å². The van der Waals surface area contributed by atoms with E-state index < -0.39 is 12.0 Å². The van der Waals surface area contributed by atoms with Crippen LogP contribution in [0.1, 0.15) is 37.8 Å². The van der Waals surface area contributed by atoms with Crippen LogP contribution < -0.4 is 10.6 Å². The second kappa shape index (κ2) is 8.85. The number of carbonyl (C=O) groups is 3. The van der Waals surface area contributed by atoms with Gasteiger partial charge in [-0.05, 0) is 24.0 Å². The molecule has 2 rings (SSSR count). The van der Waals surface area contributed by atoms with Gasteiger partial charge >= 0.3 is 5.97 Å². The second-order valence-electron chi connectivity index (χ2n) is 6.28. The van der Waals surface area contributed by atoms with Gasteiger partial charge in [-0.15, -0.1) is 0 Å². The van der Waals surface area contributed by atoms with E-state index in [0.717, 1.165) is 6.42 Å². The van der Waals surface area contributed by atoms with Crippen molar-refractivity contribution in [2.45, 2.75) is 32.2 Å². The molecule has 0 radical (unpaired) electrons. The third-order valence-electron chi connectivity index (χ3n) is 4.31. The minimum atomic E-state index is -0.576. The lowest BCUT2D eigenvalue weighted by atomic mass is 10.0. The molecule has 2 N–H and O–H groups in total. The topological polar surface area (TPSA) is 84.5 Å². The first-order chi connectivity index (χ1) is 11.9. The van der Waals surface area contributed by atoms with Crippen molar-refractivity contribution in [3.8, 4) is 0 Å². The predicted molar refractivity (Wildman–Crippen MR) is 93.9 cm³/mol. The number of nitrogens with one attached hydrogen (secondary N) is 2. The largest absolute Gasteiger partial charge is 0.469 e. The van der Waals surface area contributed by atoms with Crippen LogP contribution in [0.5, 0.6) is 0 Å². The number of methoxy groups -OCH3 is 1. The van der Waals surface area contributed by atoms with E-state index in [9.17, 15) is 14.4 Å². The fourth-order valence-corrected chi connectivity index (χ4v) is 2.90. The first-order valence-corrected chi connectivity index (χ1v) is 8.68. The zero-order valence-electron chi connectivity index (χ0n) is 14.4. The number of esters is 1. The highest BCUT2D eigenvalue weighted by Gasteiger charge is 2.38. The second-order valence-corrected chi connectivity index (χ2v) is 6.69. The molecule has 0 aromatic heterocycles. The van der Waals surface area contributed by atoms with Gasteiger partial charge in [-0.1, -0.05) is 36.7 Å². The maximum Gasteiger partial charge on any atom is 0.307 e. The van der Waals surface area contributed by atoms with Gasteiger partial charge in [0.1, 0.15) is 0 Å². The van der Waals surface area contributed by atoms with Crippen LogP contribution in [-0.4, -0.2) is 31.4 Å². The summed E-state index contributed by atoms with van der Waals surface area (Å²) in [6.45, 7) is 2.29. The summed E-state index contributed by atoms with van der Waals surface area (Å²) in [5.74, 6) is -0.200. The Balaban J connectivity index is 1.89. The molecule has 7 heteroatoms.